The van der Waals surface area contributed by atoms with Crippen molar-refractivity contribution in [2.75, 3.05) is 20.1 Å². The topological polar surface area (TPSA) is 39.7 Å². The number of rotatable bonds is 6. The van der Waals surface area contributed by atoms with Crippen molar-refractivity contribution in [3.63, 3.8) is 0 Å². The van der Waals surface area contributed by atoms with Gasteiger partial charge in [0.05, 0.1) is 0 Å². The lowest BCUT2D eigenvalue weighted by atomic mass is 10.2. The maximum atomic E-state index is 4.19. The van der Waals surface area contributed by atoms with Crippen LogP contribution in [0.15, 0.2) is 4.99 Å². The van der Waals surface area contributed by atoms with Crippen LogP contribution in [0, 0.1) is 0 Å². The molecule has 0 fully saturated rings. The molecule has 0 saturated heterocycles. The largest absolute Gasteiger partial charge is 0.355 e. The quantitative estimate of drug-likeness (QED) is 0.428. The molecule has 0 aliphatic heterocycles. The number of guanidine groups is 1. The van der Waals surface area contributed by atoms with Crippen molar-refractivity contribution in [1.29, 1.82) is 0 Å². The molecular weight excluding hydrogens is 339 g/mol. The fraction of sp³-hybridized carbons (Fsp3) is 0.923. The predicted octanol–water partition coefficient (Wildman–Crippen LogP) is 2.30. The average molecular weight is 370 g/mol. The van der Waals surface area contributed by atoms with E-state index in [1.807, 2.05) is 0 Å². The van der Waals surface area contributed by atoms with Crippen LogP contribution < -0.4 is 10.6 Å². The number of nitrogens with zero attached hydrogens (tertiary/aromatic N) is 2. The Kier molecular flexibility index (Phi) is 12.2. The molecule has 0 aromatic rings. The molecule has 4 nitrogen and oxygen atoms in total. The Balaban J connectivity index is 0. The third-order valence-electron chi connectivity index (χ3n) is 2.64. The molecule has 0 radical (unpaired) electrons. The Labute approximate surface area is 130 Å². The molecule has 5 heteroatoms. The molecule has 0 spiro atoms. The molecule has 0 atom stereocenters. The summed E-state index contributed by atoms with van der Waals surface area (Å²) in [7, 11) is 1.81. The molecule has 0 aromatic carbocycles. The van der Waals surface area contributed by atoms with Crippen LogP contribution >= 0.6 is 24.0 Å². The van der Waals surface area contributed by atoms with Gasteiger partial charge in [-0.25, -0.2) is 0 Å². The van der Waals surface area contributed by atoms with E-state index >= 15 is 0 Å². The van der Waals surface area contributed by atoms with Gasteiger partial charge < -0.3 is 10.6 Å². The molecule has 0 unspecified atom stereocenters. The van der Waals surface area contributed by atoms with Crippen LogP contribution in [0.1, 0.15) is 41.5 Å². The summed E-state index contributed by atoms with van der Waals surface area (Å²) in [4.78, 5) is 6.66. The monoisotopic (exact) mass is 370 g/mol. The van der Waals surface area contributed by atoms with Gasteiger partial charge in [0.15, 0.2) is 5.96 Å². The van der Waals surface area contributed by atoms with Crippen molar-refractivity contribution in [1.82, 2.24) is 15.5 Å². The summed E-state index contributed by atoms with van der Waals surface area (Å²) >= 11 is 0. The van der Waals surface area contributed by atoms with Gasteiger partial charge in [0, 0.05) is 38.3 Å². The molecule has 2 N–H and O–H groups in total. The van der Waals surface area contributed by atoms with Gasteiger partial charge in [-0.15, -0.1) is 24.0 Å². The summed E-state index contributed by atoms with van der Waals surface area (Å²) in [6.07, 6.45) is 0. The lowest BCUT2D eigenvalue weighted by Crippen LogP contribution is -2.46. The van der Waals surface area contributed by atoms with E-state index in [9.17, 15) is 0 Å². The van der Waals surface area contributed by atoms with Crippen molar-refractivity contribution in [2.45, 2.75) is 59.7 Å². The van der Waals surface area contributed by atoms with E-state index in [1.165, 1.54) is 0 Å². The second-order valence-electron chi connectivity index (χ2n) is 5.22. The lowest BCUT2D eigenvalue weighted by Gasteiger charge is -2.30. The number of hydrogen-bond donors (Lipinski definition) is 2. The van der Waals surface area contributed by atoms with Crippen molar-refractivity contribution in [3.05, 3.63) is 0 Å². The first kappa shape index (κ1) is 20.3. The van der Waals surface area contributed by atoms with Crippen molar-refractivity contribution in [3.8, 4) is 0 Å². The number of halogens is 1. The minimum absolute atomic E-state index is 0. The van der Waals surface area contributed by atoms with Crippen LogP contribution in [0.3, 0.4) is 0 Å². The SMILES string of the molecule is CN=C(NCCN(C(C)C)C(C)C)NC(C)C.I. The van der Waals surface area contributed by atoms with E-state index in [1.54, 1.807) is 7.05 Å². The normalized spacial score (nSPS) is 12.3. The third-order valence-corrected chi connectivity index (χ3v) is 2.64. The van der Waals surface area contributed by atoms with Gasteiger partial charge in [-0.3, -0.25) is 9.89 Å². The van der Waals surface area contributed by atoms with Gasteiger partial charge in [0.1, 0.15) is 0 Å². The van der Waals surface area contributed by atoms with E-state index in [2.05, 4.69) is 62.1 Å². The standard InChI is InChI=1S/C13H30N4.HI/c1-10(2)16-13(14-7)15-8-9-17(11(3)4)12(5)6;/h10-12H,8-9H2,1-7H3,(H2,14,15,16);1H. The van der Waals surface area contributed by atoms with Gasteiger partial charge in [-0.1, -0.05) is 0 Å². The maximum Gasteiger partial charge on any atom is 0.191 e. The van der Waals surface area contributed by atoms with Gasteiger partial charge >= 0.3 is 0 Å². The third kappa shape index (κ3) is 8.97. The Bertz CT molecular complexity index is 219. The first-order chi connectivity index (χ1) is 7.88. The Morgan fingerprint density at radius 2 is 1.56 bits per heavy atom. The van der Waals surface area contributed by atoms with E-state index in [0.717, 1.165) is 19.0 Å². The Morgan fingerprint density at radius 1 is 1.06 bits per heavy atom. The van der Waals surface area contributed by atoms with E-state index in [0.29, 0.717) is 18.1 Å². The minimum atomic E-state index is 0. The summed E-state index contributed by atoms with van der Waals surface area (Å²) in [6, 6.07) is 1.57. The molecule has 18 heavy (non-hydrogen) atoms. The number of hydrogen-bond acceptors (Lipinski definition) is 2. The van der Waals surface area contributed by atoms with Crippen molar-refractivity contribution < 1.29 is 0 Å². The smallest absolute Gasteiger partial charge is 0.191 e. The second kappa shape index (κ2) is 10.8. The summed E-state index contributed by atoms with van der Waals surface area (Å²) < 4.78 is 0. The molecular formula is C13H31IN4. The van der Waals surface area contributed by atoms with E-state index < -0.39 is 0 Å². The molecule has 0 heterocycles. The summed E-state index contributed by atoms with van der Waals surface area (Å²) in [5, 5.41) is 6.62. The highest BCUT2D eigenvalue weighted by Crippen LogP contribution is 2.03. The molecule has 0 saturated carbocycles. The molecule has 0 aliphatic carbocycles. The van der Waals surface area contributed by atoms with Gasteiger partial charge in [0.25, 0.3) is 0 Å². The highest BCUT2D eigenvalue weighted by Gasteiger charge is 2.12. The van der Waals surface area contributed by atoms with E-state index in [4.69, 9.17) is 0 Å². The fourth-order valence-corrected chi connectivity index (χ4v) is 1.88. The van der Waals surface area contributed by atoms with Crippen LogP contribution in [0.4, 0.5) is 0 Å². The number of aliphatic imine (C=N–C) groups is 1. The number of nitrogens with one attached hydrogen (secondary N) is 2. The molecule has 0 amide bonds. The van der Waals surface area contributed by atoms with Crippen LogP contribution in [0.25, 0.3) is 0 Å². The molecule has 0 aliphatic rings. The van der Waals surface area contributed by atoms with E-state index in [-0.39, 0.29) is 24.0 Å². The van der Waals surface area contributed by atoms with Crippen molar-refractivity contribution in [2.24, 2.45) is 4.99 Å². The first-order valence-electron chi connectivity index (χ1n) is 6.61. The highest BCUT2D eigenvalue weighted by atomic mass is 127. The zero-order valence-electron chi connectivity index (χ0n) is 12.9. The first-order valence-corrected chi connectivity index (χ1v) is 6.61. The molecule has 110 valence electrons. The van der Waals surface area contributed by atoms with Gasteiger partial charge in [-0.2, -0.15) is 0 Å². The molecule has 0 rings (SSSR count). The second-order valence-corrected chi connectivity index (χ2v) is 5.22. The fourth-order valence-electron chi connectivity index (χ4n) is 1.88. The summed E-state index contributed by atoms with van der Waals surface area (Å²) in [5.74, 6) is 0.882. The summed E-state index contributed by atoms with van der Waals surface area (Å²) in [5.41, 5.74) is 0. The Morgan fingerprint density at radius 3 is 1.89 bits per heavy atom. The zero-order chi connectivity index (χ0) is 13.4. The van der Waals surface area contributed by atoms with Crippen LogP contribution in [0.5, 0.6) is 0 Å². The Hall–Kier alpha value is -0.0400. The maximum absolute atomic E-state index is 4.19. The summed E-state index contributed by atoms with van der Waals surface area (Å²) in [6.45, 7) is 15.1. The van der Waals surface area contributed by atoms with Crippen LogP contribution in [-0.2, 0) is 0 Å². The molecule has 0 aromatic heterocycles. The zero-order valence-corrected chi connectivity index (χ0v) is 15.3. The lowest BCUT2D eigenvalue weighted by molar-refractivity contribution is 0.178. The predicted molar refractivity (Wildman–Crippen MR) is 92.0 cm³/mol. The van der Waals surface area contributed by atoms with Gasteiger partial charge in [-0.05, 0) is 41.5 Å². The highest BCUT2D eigenvalue weighted by molar-refractivity contribution is 14.0. The van der Waals surface area contributed by atoms with Crippen LogP contribution in [0.2, 0.25) is 0 Å². The average Bonchev–Trinajstić information content (AvgIpc) is 2.20. The van der Waals surface area contributed by atoms with Crippen LogP contribution in [-0.4, -0.2) is 49.1 Å². The minimum Gasteiger partial charge on any atom is -0.355 e. The van der Waals surface area contributed by atoms with Gasteiger partial charge in [0.2, 0.25) is 0 Å². The van der Waals surface area contributed by atoms with Crippen molar-refractivity contribution >= 4 is 29.9 Å². The molecule has 0 bridgehead atoms.